The number of carbonyl (C=O) groups is 4. The lowest BCUT2D eigenvalue weighted by molar-refractivity contribution is -0.114. The lowest BCUT2D eigenvalue weighted by Gasteiger charge is -2.12. The highest BCUT2D eigenvalue weighted by molar-refractivity contribution is 7.92. The van der Waals surface area contributed by atoms with Crippen LogP contribution in [0.2, 0.25) is 0 Å². The summed E-state index contributed by atoms with van der Waals surface area (Å²) in [7, 11) is -2.54. The predicted octanol–water partition coefficient (Wildman–Crippen LogP) is 2.21. The monoisotopic (exact) mass is 507 g/mol. The van der Waals surface area contributed by atoms with Gasteiger partial charge in [-0.1, -0.05) is 6.07 Å². The minimum atomic E-state index is -3.97. The minimum absolute atomic E-state index is 0.107. The first-order valence-corrected chi connectivity index (χ1v) is 12.2. The van der Waals surface area contributed by atoms with E-state index in [1.807, 2.05) is 0 Å². The van der Waals surface area contributed by atoms with Gasteiger partial charge in [-0.3, -0.25) is 9.59 Å². The van der Waals surface area contributed by atoms with Crippen LogP contribution >= 0.6 is 0 Å². The van der Waals surface area contributed by atoms with Gasteiger partial charge >= 0.3 is 11.9 Å². The first kappa shape index (κ1) is 27.3. The van der Waals surface area contributed by atoms with Crippen molar-refractivity contribution in [3.63, 3.8) is 0 Å². The number of ether oxygens (including phenoxy) is 3. The molecular weight excluding hydrogens is 482 g/mol. The largest absolute Gasteiger partial charge is 0.493 e. The number of carboxylic acid groups (broad SMARTS) is 1. The Hall–Kier alpha value is -3.93. The molecule has 0 saturated heterocycles. The summed E-state index contributed by atoms with van der Waals surface area (Å²) in [6, 6.07) is 8.10. The molecule has 0 aliphatic rings. The van der Waals surface area contributed by atoms with Gasteiger partial charge in [0.25, 0.3) is 0 Å². The zero-order valence-corrected chi connectivity index (χ0v) is 20.1. The summed E-state index contributed by atoms with van der Waals surface area (Å²) < 4.78 is 40.3. The second-order valence-corrected chi connectivity index (χ2v) is 9.35. The highest BCUT2D eigenvalue weighted by Gasteiger charge is 2.24. The van der Waals surface area contributed by atoms with Gasteiger partial charge < -0.3 is 24.6 Å². The molecule has 188 valence electrons. The molecule has 0 aromatic heterocycles. The number of nitrogens with one attached hydrogen (secondary N) is 1. The third kappa shape index (κ3) is 7.54. The van der Waals surface area contributed by atoms with E-state index in [-0.39, 0.29) is 16.8 Å². The number of Topliss-reactive ketones (excluding diaryl/α,β-unsaturated/α-hetero) is 1. The number of benzene rings is 2. The highest BCUT2D eigenvalue weighted by atomic mass is 32.2. The molecule has 11 nitrogen and oxygen atoms in total. The molecule has 0 heterocycles. The molecule has 0 spiro atoms. The van der Waals surface area contributed by atoms with E-state index < -0.39 is 57.1 Å². The van der Waals surface area contributed by atoms with E-state index in [0.717, 1.165) is 0 Å². The van der Waals surface area contributed by atoms with Crippen LogP contribution in [0.25, 0.3) is 0 Å². The van der Waals surface area contributed by atoms with Gasteiger partial charge in [0.2, 0.25) is 5.91 Å². The van der Waals surface area contributed by atoms with Crippen LogP contribution in [0, 0.1) is 0 Å². The SMILES string of the molecule is CCOc1cc(C(=O)CS(=O)(=O)CCOC(=O)c2cccc(NC(C)=O)c2C(=O)O)ccc1OC. The highest BCUT2D eigenvalue weighted by Crippen LogP contribution is 2.28. The van der Waals surface area contributed by atoms with Crippen LogP contribution in [0.1, 0.15) is 44.9 Å². The molecule has 2 aromatic rings. The summed E-state index contributed by atoms with van der Waals surface area (Å²) in [4.78, 5) is 47.8. The number of ketones is 1. The lowest BCUT2D eigenvalue weighted by Crippen LogP contribution is -2.23. The summed E-state index contributed by atoms with van der Waals surface area (Å²) in [5.74, 6) is -4.61. The Kier molecular flexibility index (Phi) is 9.34. The van der Waals surface area contributed by atoms with E-state index in [0.29, 0.717) is 18.1 Å². The molecule has 0 atom stereocenters. The van der Waals surface area contributed by atoms with Crippen molar-refractivity contribution in [1.29, 1.82) is 0 Å². The quantitative estimate of drug-likeness (QED) is 0.322. The van der Waals surface area contributed by atoms with Gasteiger partial charge in [-0.05, 0) is 37.3 Å². The molecule has 12 heteroatoms. The molecule has 0 fully saturated rings. The number of esters is 1. The number of methoxy groups -OCH3 is 1. The van der Waals surface area contributed by atoms with Crippen LogP contribution in [0.5, 0.6) is 11.5 Å². The molecule has 0 aliphatic carbocycles. The Morgan fingerprint density at radius 2 is 1.77 bits per heavy atom. The third-order valence-electron chi connectivity index (χ3n) is 4.57. The second kappa shape index (κ2) is 12.0. The summed E-state index contributed by atoms with van der Waals surface area (Å²) in [6.45, 7) is 2.63. The van der Waals surface area contributed by atoms with Crippen molar-refractivity contribution >= 4 is 39.2 Å². The van der Waals surface area contributed by atoms with E-state index in [4.69, 9.17) is 14.2 Å². The molecule has 2 rings (SSSR count). The van der Waals surface area contributed by atoms with Crippen LogP contribution in [-0.2, 0) is 19.4 Å². The van der Waals surface area contributed by atoms with Crippen molar-refractivity contribution in [2.45, 2.75) is 13.8 Å². The van der Waals surface area contributed by atoms with Crippen molar-refractivity contribution in [3.05, 3.63) is 53.1 Å². The third-order valence-corrected chi connectivity index (χ3v) is 6.06. The topological polar surface area (TPSA) is 162 Å². The zero-order valence-electron chi connectivity index (χ0n) is 19.3. The number of hydrogen-bond donors (Lipinski definition) is 2. The fourth-order valence-corrected chi connectivity index (χ4v) is 4.11. The van der Waals surface area contributed by atoms with Gasteiger partial charge in [-0.25, -0.2) is 18.0 Å². The van der Waals surface area contributed by atoms with Crippen molar-refractivity contribution in [3.8, 4) is 11.5 Å². The molecule has 2 N–H and O–H groups in total. The van der Waals surface area contributed by atoms with E-state index in [1.54, 1.807) is 6.92 Å². The maximum Gasteiger partial charge on any atom is 0.339 e. The van der Waals surface area contributed by atoms with Crippen LogP contribution in [0.15, 0.2) is 36.4 Å². The normalized spacial score (nSPS) is 10.8. The van der Waals surface area contributed by atoms with Gasteiger partial charge in [0, 0.05) is 12.5 Å². The summed E-state index contributed by atoms with van der Waals surface area (Å²) >= 11 is 0. The van der Waals surface area contributed by atoms with Crippen LogP contribution in [0.4, 0.5) is 5.69 Å². The lowest BCUT2D eigenvalue weighted by atomic mass is 10.1. The Bertz CT molecular complexity index is 1240. The van der Waals surface area contributed by atoms with Crippen molar-refractivity contribution in [1.82, 2.24) is 0 Å². The van der Waals surface area contributed by atoms with Gasteiger partial charge in [-0.15, -0.1) is 0 Å². The molecule has 35 heavy (non-hydrogen) atoms. The second-order valence-electron chi connectivity index (χ2n) is 7.16. The molecular formula is C23H25NO10S. The van der Waals surface area contributed by atoms with Crippen molar-refractivity contribution in [2.24, 2.45) is 0 Å². The van der Waals surface area contributed by atoms with E-state index in [2.05, 4.69) is 5.32 Å². The van der Waals surface area contributed by atoms with Gasteiger partial charge in [0.1, 0.15) is 12.4 Å². The molecule has 0 aliphatic heterocycles. The fourth-order valence-electron chi connectivity index (χ4n) is 3.06. The molecule has 0 unspecified atom stereocenters. The first-order chi connectivity index (χ1) is 16.5. The fraction of sp³-hybridized carbons (Fsp3) is 0.304. The van der Waals surface area contributed by atoms with E-state index in [9.17, 15) is 32.7 Å². The van der Waals surface area contributed by atoms with E-state index in [1.165, 1.54) is 50.4 Å². The minimum Gasteiger partial charge on any atom is -0.493 e. The maximum atomic E-state index is 12.5. The number of aromatic carboxylic acids is 1. The van der Waals surface area contributed by atoms with Crippen molar-refractivity contribution in [2.75, 3.05) is 37.1 Å². The zero-order chi connectivity index (χ0) is 26.2. The van der Waals surface area contributed by atoms with Gasteiger partial charge in [0.05, 0.1) is 36.3 Å². The maximum absolute atomic E-state index is 12.5. The number of amides is 1. The van der Waals surface area contributed by atoms with Crippen LogP contribution in [-0.4, -0.2) is 69.0 Å². The number of carbonyl (C=O) groups excluding carboxylic acids is 3. The Balaban J connectivity index is 2.06. The molecule has 0 bridgehead atoms. The van der Waals surface area contributed by atoms with Crippen LogP contribution < -0.4 is 14.8 Å². The standard InChI is InChI=1S/C23H25NO10S/c1-4-33-20-12-15(8-9-19(20)32-3)18(26)13-35(30,31)11-10-34-23(29)16-6-5-7-17(24-14(2)25)21(16)22(27)28/h5-9,12H,4,10-11,13H2,1-3H3,(H,24,25)(H,27,28). The Morgan fingerprint density at radius 1 is 1.06 bits per heavy atom. The van der Waals surface area contributed by atoms with Crippen LogP contribution in [0.3, 0.4) is 0 Å². The molecule has 2 aromatic carbocycles. The average Bonchev–Trinajstić information content (AvgIpc) is 2.78. The Morgan fingerprint density at radius 3 is 2.37 bits per heavy atom. The summed E-state index contributed by atoms with van der Waals surface area (Å²) in [5, 5.41) is 11.8. The number of sulfone groups is 1. The van der Waals surface area contributed by atoms with Gasteiger partial charge in [0.15, 0.2) is 27.1 Å². The average molecular weight is 508 g/mol. The predicted molar refractivity (Wildman–Crippen MR) is 125 cm³/mol. The number of rotatable bonds is 12. The number of anilines is 1. The van der Waals surface area contributed by atoms with Crippen molar-refractivity contribution < 1.29 is 46.9 Å². The van der Waals surface area contributed by atoms with Gasteiger partial charge in [-0.2, -0.15) is 0 Å². The van der Waals surface area contributed by atoms with E-state index >= 15 is 0 Å². The molecule has 0 radical (unpaired) electrons. The molecule has 0 saturated carbocycles. The first-order valence-electron chi connectivity index (χ1n) is 10.3. The Labute approximate surface area is 201 Å². The number of carboxylic acids is 1. The molecule has 1 amide bonds. The smallest absolute Gasteiger partial charge is 0.339 e. The number of hydrogen-bond acceptors (Lipinski definition) is 9. The summed E-state index contributed by atoms with van der Waals surface area (Å²) in [6.07, 6.45) is 0. The summed E-state index contributed by atoms with van der Waals surface area (Å²) in [5.41, 5.74) is -0.853.